The molecule has 0 unspecified atom stereocenters. The van der Waals surface area contributed by atoms with Crippen LogP contribution in [0, 0.1) is 12.3 Å². The van der Waals surface area contributed by atoms with Crippen LogP contribution in [0.3, 0.4) is 0 Å². The number of rotatable bonds is 6. The van der Waals surface area contributed by atoms with Crippen molar-refractivity contribution in [2.24, 2.45) is 0 Å². The molecule has 0 aromatic carbocycles. The first kappa shape index (κ1) is 11.5. The molecule has 0 aromatic heterocycles. The smallest absolute Gasteiger partial charge is 0.211 e. The normalized spacial score (nSPS) is 11.0. The van der Waals surface area contributed by atoms with Gasteiger partial charge < -0.3 is 0 Å². The summed E-state index contributed by atoms with van der Waals surface area (Å²) in [4.78, 5) is 0. The molecule has 0 radical (unpaired) electrons. The minimum absolute atomic E-state index is 0.197. The number of nitrogens with one attached hydrogen (secondary N) is 1. The molecule has 70 valence electrons. The highest BCUT2D eigenvalue weighted by Crippen LogP contribution is 1.90. The van der Waals surface area contributed by atoms with Crippen LogP contribution in [0.4, 0.5) is 0 Å². The molecule has 0 fully saturated rings. The first-order valence-corrected chi connectivity index (χ1v) is 5.68. The van der Waals surface area contributed by atoms with Crippen molar-refractivity contribution in [3.63, 3.8) is 0 Å². The second-order valence-corrected chi connectivity index (χ2v) is 4.45. The van der Waals surface area contributed by atoms with Crippen LogP contribution in [-0.4, -0.2) is 20.7 Å². The van der Waals surface area contributed by atoms with E-state index in [1.807, 2.05) is 6.92 Å². The fourth-order valence-corrected chi connectivity index (χ4v) is 1.90. The van der Waals surface area contributed by atoms with E-state index in [0.717, 1.165) is 0 Å². The van der Waals surface area contributed by atoms with Crippen LogP contribution in [0.25, 0.3) is 0 Å². The van der Waals surface area contributed by atoms with Crippen LogP contribution < -0.4 is 4.72 Å². The number of unbranched alkanes of at least 4 members (excludes halogenated alkanes) is 1. The minimum Gasteiger partial charge on any atom is -0.215 e. The molecule has 0 saturated heterocycles. The van der Waals surface area contributed by atoms with Crippen LogP contribution in [-0.2, 0) is 10.0 Å². The number of sulfonamides is 1. The first-order valence-electron chi connectivity index (χ1n) is 4.03. The van der Waals surface area contributed by atoms with Gasteiger partial charge in [0.05, 0.1) is 5.75 Å². The molecule has 3 nitrogen and oxygen atoms in total. The van der Waals surface area contributed by atoms with E-state index < -0.39 is 10.0 Å². The maximum Gasteiger partial charge on any atom is 0.211 e. The fraction of sp³-hybridized carbons (Fsp3) is 0.750. The summed E-state index contributed by atoms with van der Waals surface area (Å²) < 4.78 is 24.5. The van der Waals surface area contributed by atoms with Gasteiger partial charge in [-0.1, -0.05) is 6.92 Å². The summed E-state index contributed by atoms with van der Waals surface area (Å²) in [6.45, 7) is 2.28. The van der Waals surface area contributed by atoms with Gasteiger partial charge in [0.15, 0.2) is 0 Å². The first-order chi connectivity index (χ1) is 5.62. The molecule has 0 atom stereocenters. The molecular formula is C8H15NO2S. The number of hydrogen-bond acceptors (Lipinski definition) is 2. The Morgan fingerprint density at radius 1 is 1.50 bits per heavy atom. The monoisotopic (exact) mass is 189 g/mol. The van der Waals surface area contributed by atoms with Crippen molar-refractivity contribution in [3.05, 3.63) is 0 Å². The third-order valence-corrected chi connectivity index (χ3v) is 2.88. The van der Waals surface area contributed by atoms with Gasteiger partial charge in [0, 0.05) is 13.0 Å². The third-order valence-electron chi connectivity index (χ3n) is 1.29. The van der Waals surface area contributed by atoms with Crippen molar-refractivity contribution in [3.8, 4) is 12.3 Å². The van der Waals surface area contributed by atoms with Crippen molar-refractivity contribution in [1.82, 2.24) is 4.72 Å². The molecule has 12 heavy (non-hydrogen) atoms. The van der Waals surface area contributed by atoms with E-state index in [-0.39, 0.29) is 5.75 Å². The number of hydrogen-bond donors (Lipinski definition) is 1. The summed E-state index contributed by atoms with van der Waals surface area (Å²) in [5.41, 5.74) is 0. The minimum atomic E-state index is -3.03. The zero-order chi connectivity index (χ0) is 9.45. The molecule has 0 rings (SSSR count). The Balaban J connectivity index is 3.57. The molecule has 0 aliphatic carbocycles. The zero-order valence-corrected chi connectivity index (χ0v) is 8.15. The van der Waals surface area contributed by atoms with Gasteiger partial charge in [-0.15, -0.1) is 12.3 Å². The molecule has 0 saturated carbocycles. The summed E-state index contributed by atoms with van der Waals surface area (Å²) in [6, 6.07) is 0. The second-order valence-electron chi connectivity index (χ2n) is 2.52. The Bertz CT molecular complexity index is 238. The molecule has 0 aliphatic heterocycles. The van der Waals surface area contributed by atoms with E-state index in [9.17, 15) is 8.42 Å². The molecular weight excluding hydrogens is 174 g/mol. The van der Waals surface area contributed by atoms with Gasteiger partial charge in [-0.2, -0.15) is 0 Å². The van der Waals surface area contributed by atoms with E-state index in [4.69, 9.17) is 6.42 Å². The van der Waals surface area contributed by atoms with E-state index in [2.05, 4.69) is 10.6 Å². The molecule has 0 bridgehead atoms. The number of terminal acetylenes is 1. The lowest BCUT2D eigenvalue weighted by atomic mass is 10.3. The summed E-state index contributed by atoms with van der Waals surface area (Å²) >= 11 is 0. The van der Waals surface area contributed by atoms with E-state index in [1.54, 1.807) is 0 Å². The SMILES string of the molecule is C#CCCCNS(=O)(=O)CCC. The molecule has 0 amide bonds. The molecule has 0 heterocycles. The third kappa shape index (κ3) is 6.20. The van der Waals surface area contributed by atoms with Gasteiger partial charge in [-0.25, -0.2) is 13.1 Å². The summed E-state index contributed by atoms with van der Waals surface area (Å²) in [7, 11) is -3.03. The van der Waals surface area contributed by atoms with E-state index >= 15 is 0 Å². The molecule has 1 N–H and O–H groups in total. The fourth-order valence-electron chi connectivity index (χ4n) is 0.759. The lowest BCUT2D eigenvalue weighted by Gasteiger charge is -2.02. The highest BCUT2D eigenvalue weighted by Gasteiger charge is 2.05. The van der Waals surface area contributed by atoms with Gasteiger partial charge in [0.1, 0.15) is 0 Å². The van der Waals surface area contributed by atoms with Gasteiger partial charge in [0.2, 0.25) is 10.0 Å². The van der Waals surface area contributed by atoms with Crippen molar-refractivity contribution >= 4 is 10.0 Å². The van der Waals surface area contributed by atoms with Crippen molar-refractivity contribution < 1.29 is 8.42 Å². The Hall–Kier alpha value is -0.530. The van der Waals surface area contributed by atoms with Crippen molar-refractivity contribution in [1.29, 1.82) is 0 Å². The average Bonchev–Trinajstić information content (AvgIpc) is 1.98. The highest BCUT2D eigenvalue weighted by molar-refractivity contribution is 7.89. The van der Waals surface area contributed by atoms with Crippen LogP contribution in [0.2, 0.25) is 0 Å². The zero-order valence-electron chi connectivity index (χ0n) is 7.34. The predicted molar refractivity (Wildman–Crippen MR) is 50.1 cm³/mol. The lowest BCUT2D eigenvalue weighted by molar-refractivity contribution is 0.578. The molecule has 0 aromatic rings. The largest absolute Gasteiger partial charge is 0.215 e. The Kier molecular flexibility index (Phi) is 5.77. The van der Waals surface area contributed by atoms with Crippen LogP contribution in [0.1, 0.15) is 26.2 Å². The Labute approximate surface area is 74.6 Å². The molecule has 0 spiro atoms. The van der Waals surface area contributed by atoms with E-state index in [1.165, 1.54) is 0 Å². The van der Waals surface area contributed by atoms with Gasteiger partial charge >= 0.3 is 0 Å². The van der Waals surface area contributed by atoms with Crippen LogP contribution >= 0.6 is 0 Å². The maximum atomic E-state index is 11.0. The van der Waals surface area contributed by atoms with Crippen LogP contribution in [0.15, 0.2) is 0 Å². The quantitative estimate of drug-likeness (QED) is 0.494. The predicted octanol–water partition coefficient (Wildman–Crippen LogP) is 0.729. The highest BCUT2D eigenvalue weighted by atomic mass is 32.2. The van der Waals surface area contributed by atoms with Crippen molar-refractivity contribution in [2.45, 2.75) is 26.2 Å². The summed E-state index contributed by atoms with van der Waals surface area (Å²) in [5.74, 6) is 2.65. The summed E-state index contributed by atoms with van der Waals surface area (Å²) in [6.07, 6.45) is 6.98. The van der Waals surface area contributed by atoms with Gasteiger partial charge in [0.25, 0.3) is 0 Å². The lowest BCUT2D eigenvalue weighted by Crippen LogP contribution is -2.26. The van der Waals surface area contributed by atoms with E-state index in [0.29, 0.717) is 25.8 Å². The maximum absolute atomic E-state index is 11.0. The van der Waals surface area contributed by atoms with Crippen LogP contribution in [0.5, 0.6) is 0 Å². The van der Waals surface area contributed by atoms with Gasteiger partial charge in [-0.3, -0.25) is 0 Å². The van der Waals surface area contributed by atoms with Gasteiger partial charge in [-0.05, 0) is 12.8 Å². The standard InChI is InChI=1S/C8H15NO2S/c1-3-5-6-7-9-12(10,11)8-4-2/h1,9H,4-8H2,2H3. The average molecular weight is 189 g/mol. The molecule has 0 aliphatic rings. The Morgan fingerprint density at radius 2 is 2.17 bits per heavy atom. The topological polar surface area (TPSA) is 46.2 Å². The molecule has 4 heteroatoms. The summed E-state index contributed by atoms with van der Waals surface area (Å²) in [5, 5.41) is 0. The Morgan fingerprint density at radius 3 is 2.67 bits per heavy atom. The second kappa shape index (κ2) is 6.04. The van der Waals surface area contributed by atoms with Crippen molar-refractivity contribution in [2.75, 3.05) is 12.3 Å².